The number of hydrogen-bond donors (Lipinski definition) is 2. The lowest BCUT2D eigenvalue weighted by Crippen LogP contribution is -2.45. The topological polar surface area (TPSA) is 128 Å². The number of aryl methyl sites for hydroxylation is 1. The molecule has 0 aliphatic carbocycles. The minimum Gasteiger partial charge on any atom is -0.492 e. The number of nitrogens with one attached hydrogen (secondary N) is 2. The maximum Gasteiger partial charge on any atom is 0.271 e. The number of benzene rings is 3. The average molecular weight is 518 g/mol. The Morgan fingerprint density at radius 2 is 1.83 bits per heavy atom. The van der Waals surface area contributed by atoms with E-state index in [0.29, 0.717) is 17.9 Å². The van der Waals surface area contributed by atoms with E-state index in [4.69, 9.17) is 16.3 Å². The molecule has 0 aliphatic heterocycles. The van der Waals surface area contributed by atoms with Gasteiger partial charge in [0.15, 0.2) is 0 Å². The van der Waals surface area contributed by atoms with Crippen LogP contribution >= 0.6 is 11.6 Å². The van der Waals surface area contributed by atoms with Crippen molar-refractivity contribution in [1.29, 1.82) is 0 Å². The summed E-state index contributed by atoms with van der Waals surface area (Å²) in [6.07, 6.45) is 0.0463. The molecule has 0 unspecified atom stereocenters. The standard InChI is InChI=1S/C24H24ClN3O6S/c1-3-34-23-12-11-19(15-20(23)25)35(32,33)27-22(13-17-7-5-4-6-8-17)24(29)26-21-14-18(28(30)31)10-9-16(21)2/h4-12,14-15,22,27H,3,13H2,1-2H3,(H,26,29)/t22-/m0/s1. The van der Waals surface area contributed by atoms with Crippen LogP contribution in [-0.2, 0) is 21.2 Å². The summed E-state index contributed by atoms with van der Waals surface area (Å²) in [5.41, 5.74) is 1.32. The van der Waals surface area contributed by atoms with Gasteiger partial charge in [-0.05, 0) is 49.6 Å². The molecule has 11 heteroatoms. The summed E-state index contributed by atoms with van der Waals surface area (Å²) in [4.78, 5) is 23.6. The monoisotopic (exact) mass is 517 g/mol. The lowest BCUT2D eigenvalue weighted by molar-refractivity contribution is -0.384. The average Bonchev–Trinajstić information content (AvgIpc) is 2.81. The molecule has 184 valence electrons. The SMILES string of the molecule is CCOc1ccc(S(=O)(=O)N[C@@H](Cc2ccccc2)C(=O)Nc2cc([N+](=O)[O-])ccc2C)cc1Cl. The molecule has 0 saturated carbocycles. The number of anilines is 1. The Labute approximate surface area is 208 Å². The van der Waals surface area contributed by atoms with Gasteiger partial charge in [-0.3, -0.25) is 14.9 Å². The molecule has 0 radical (unpaired) electrons. The molecular formula is C24H24ClN3O6S. The van der Waals surface area contributed by atoms with Crippen LogP contribution in [0, 0.1) is 17.0 Å². The van der Waals surface area contributed by atoms with Gasteiger partial charge in [0.25, 0.3) is 5.69 Å². The zero-order valence-corrected chi connectivity index (χ0v) is 20.6. The van der Waals surface area contributed by atoms with Crippen molar-refractivity contribution in [2.45, 2.75) is 31.2 Å². The molecule has 2 N–H and O–H groups in total. The van der Waals surface area contributed by atoms with Crippen molar-refractivity contribution in [3.8, 4) is 5.75 Å². The zero-order valence-electron chi connectivity index (χ0n) is 19.0. The number of ether oxygens (including phenoxy) is 1. The van der Waals surface area contributed by atoms with Gasteiger partial charge in [0.2, 0.25) is 15.9 Å². The summed E-state index contributed by atoms with van der Waals surface area (Å²) in [6.45, 7) is 3.82. The molecule has 0 aromatic heterocycles. The molecule has 0 spiro atoms. The van der Waals surface area contributed by atoms with E-state index in [9.17, 15) is 23.3 Å². The number of sulfonamides is 1. The highest BCUT2D eigenvalue weighted by atomic mass is 35.5. The quantitative estimate of drug-likeness (QED) is 0.301. The Bertz CT molecular complexity index is 1330. The fourth-order valence-corrected chi connectivity index (χ4v) is 4.81. The molecule has 1 atom stereocenters. The smallest absolute Gasteiger partial charge is 0.271 e. The van der Waals surface area contributed by atoms with E-state index in [1.165, 1.54) is 36.4 Å². The Morgan fingerprint density at radius 1 is 1.11 bits per heavy atom. The molecule has 0 bridgehead atoms. The molecule has 0 saturated heterocycles. The third kappa shape index (κ3) is 6.78. The summed E-state index contributed by atoms with van der Waals surface area (Å²) >= 11 is 6.16. The van der Waals surface area contributed by atoms with E-state index < -0.39 is 26.9 Å². The molecule has 0 fully saturated rings. The van der Waals surface area contributed by atoms with Crippen LogP contribution in [0.2, 0.25) is 5.02 Å². The first kappa shape index (κ1) is 26.1. The van der Waals surface area contributed by atoms with E-state index in [0.717, 1.165) is 5.56 Å². The Morgan fingerprint density at radius 3 is 2.46 bits per heavy atom. The lowest BCUT2D eigenvalue weighted by atomic mass is 10.1. The second-order valence-corrected chi connectivity index (χ2v) is 9.76. The van der Waals surface area contributed by atoms with Gasteiger partial charge in [-0.25, -0.2) is 8.42 Å². The number of halogens is 1. The molecule has 9 nitrogen and oxygen atoms in total. The Hall–Kier alpha value is -3.47. The molecule has 0 heterocycles. The predicted octanol–water partition coefficient (Wildman–Crippen LogP) is 4.48. The fourth-order valence-electron chi connectivity index (χ4n) is 3.29. The molecule has 3 aromatic carbocycles. The van der Waals surface area contributed by atoms with E-state index in [1.54, 1.807) is 44.2 Å². The van der Waals surface area contributed by atoms with E-state index in [-0.39, 0.29) is 27.7 Å². The van der Waals surface area contributed by atoms with Crippen molar-refractivity contribution >= 4 is 38.9 Å². The molecular weight excluding hydrogens is 494 g/mol. The van der Waals surface area contributed by atoms with Crippen molar-refractivity contribution < 1.29 is 22.9 Å². The number of non-ortho nitro benzene ring substituents is 1. The van der Waals surface area contributed by atoms with Crippen LogP contribution in [0.3, 0.4) is 0 Å². The maximum atomic E-state index is 13.2. The number of amides is 1. The first-order valence-corrected chi connectivity index (χ1v) is 12.5. The molecule has 1 amide bonds. The maximum absolute atomic E-state index is 13.2. The third-order valence-corrected chi connectivity index (χ3v) is 6.86. The number of nitro benzene ring substituents is 1. The van der Waals surface area contributed by atoms with Gasteiger partial charge in [0.05, 0.1) is 27.1 Å². The van der Waals surface area contributed by atoms with Crippen LogP contribution < -0.4 is 14.8 Å². The highest BCUT2D eigenvalue weighted by molar-refractivity contribution is 7.89. The van der Waals surface area contributed by atoms with Crippen LogP contribution in [0.4, 0.5) is 11.4 Å². The minimum atomic E-state index is -4.16. The van der Waals surface area contributed by atoms with Gasteiger partial charge >= 0.3 is 0 Å². The number of nitrogens with zero attached hydrogens (tertiary/aromatic N) is 1. The summed E-state index contributed by atoms with van der Waals surface area (Å²) in [5.74, 6) is -0.328. The summed E-state index contributed by atoms with van der Waals surface area (Å²) < 4.78 is 34.1. The van der Waals surface area contributed by atoms with Crippen LogP contribution in [0.5, 0.6) is 5.75 Å². The second kappa shape index (κ2) is 11.3. The first-order chi connectivity index (χ1) is 16.6. The van der Waals surface area contributed by atoms with Crippen molar-refractivity contribution in [2.24, 2.45) is 0 Å². The van der Waals surface area contributed by atoms with E-state index in [1.807, 2.05) is 0 Å². The molecule has 3 aromatic rings. The number of rotatable bonds is 10. The number of carbonyl (C=O) groups excluding carboxylic acids is 1. The summed E-state index contributed by atoms with van der Waals surface area (Å²) in [7, 11) is -4.16. The highest BCUT2D eigenvalue weighted by Gasteiger charge is 2.27. The van der Waals surface area contributed by atoms with Gasteiger partial charge in [-0.2, -0.15) is 4.72 Å². The van der Waals surface area contributed by atoms with Crippen LogP contribution in [0.1, 0.15) is 18.1 Å². The van der Waals surface area contributed by atoms with Gasteiger partial charge in [-0.15, -0.1) is 0 Å². The van der Waals surface area contributed by atoms with Crippen LogP contribution in [-0.4, -0.2) is 31.9 Å². The van der Waals surface area contributed by atoms with Gasteiger partial charge in [0.1, 0.15) is 11.8 Å². The van der Waals surface area contributed by atoms with Gasteiger partial charge in [0, 0.05) is 12.1 Å². The lowest BCUT2D eigenvalue weighted by Gasteiger charge is -2.20. The highest BCUT2D eigenvalue weighted by Crippen LogP contribution is 2.28. The largest absolute Gasteiger partial charge is 0.492 e. The summed E-state index contributed by atoms with van der Waals surface area (Å²) in [6, 6.07) is 15.7. The summed E-state index contributed by atoms with van der Waals surface area (Å²) in [5, 5.41) is 13.9. The van der Waals surface area contributed by atoms with Crippen molar-refractivity contribution in [1.82, 2.24) is 4.72 Å². The molecule has 0 aliphatic rings. The van der Waals surface area contributed by atoms with Gasteiger partial charge < -0.3 is 10.1 Å². The first-order valence-electron chi connectivity index (χ1n) is 10.6. The third-order valence-electron chi connectivity index (χ3n) is 5.10. The number of nitro groups is 1. The normalized spacial score (nSPS) is 12.1. The van der Waals surface area contributed by atoms with E-state index >= 15 is 0 Å². The van der Waals surface area contributed by atoms with Gasteiger partial charge in [-0.1, -0.05) is 48.0 Å². The van der Waals surface area contributed by atoms with Crippen LogP contribution in [0.25, 0.3) is 0 Å². The zero-order chi connectivity index (χ0) is 25.6. The minimum absolute atomic E-state index is 0.0463. The number of hydrogen-bond acceptors (Lipinski definition) is 6. The van der Waals surface area contributed by atoms with E-state index in [2.05, 4.69) is 10.0 Å². The predicted molar refractivity (Wildman–Crippen MR) is 133 cm³/mol. The van der Waals surface area contributed by atoms with Crippen LogP contribution in [0.15, 0.2) is 71.6 Å². The Balaban J connectivity index is 1.91. The number of carbonyl (C=O) groups is 1. The molecule has 35 heavy (non-hydrogen) atoms. The van der Waals surface area contributed by atoms with Crippen molar-refractivity contribution in [2.75, 3.05) is 11.9 Å². The fraction of sp³-hybridized carbons (Fsp3) is 0.208. The van der Waals surface area contributed by atoms with Crippen molar-refractivity contribution in [3.05, 3.63) is 93.0 Å². The van der Waals surface area contributed by atoms with Crippen molar-refractivity contribution in [3.63, 3.8) is 0 Å². The Kier molecular flexibility index (Phi) is 8.44. The second-order valence-electron chi connectivity index (χ2n) is 7.63. The molecule has 3 rings (SSSR count).